The van der Waals surface area contributed by atoms with Gasteiger partial charge in [-0.25, -0.2) is 10.8 Å². The largest absolute Gasteiger partial charge is 0.301 e. The molecule has 1 aromatic heterocycles. The summed E-state index contributed by atoms with van der Waals surface area (Å²) in [7, 11) is 1.98. The summed E-state index contributed by atoms with van der Waals surface area (Å²) < 4.78 is 0. The molecule has 0 spiro atoms. The minimum atomic E-state index is -0.136. The predicted molar refractivity (Wildman–Crippen MR) is 60.1 cm³/mol. The van der Waals surface area contributed by atoms with Crippen molar-refractivity contribution >= 4 is 17.2 Å². The molecular formula is C9H16N4OS. The smallest absolute Gasteiger partial charge is 0.235 e. The van der Waals surface area contributed by atoms with Gasteiger partial charge in [-0.05, 0) is 14.0 Å². The lowest BCUT2D eigenvalue weighted by atomic mass is 10.3. The molecule has 5 nitrogen and oxygen atoms in total. The third kappa shape index (κ3) is 3.94. The summed E-state index contributed by atoms with van der Waals surface area (Å²) in [5, 5.41) is 0. The number of aryl methyl sites for hydroxylation is 1. The summed E-state index contributed by atoms with van der Waals surface area (Å²) >= 11 is 1.64. The van der Waals surface area contributed by atoms with Gasteiger partial charge in [-0.15, -0.1) is 11.3 Å². The van der Waals surface area contributed by atoms with Crippen LogP contribution < -0.4 is 11.3 Å². The first kappa shape index (κ1) is 12.1. The van der Waals surface area contributed by atoms with Gasteiger partial charge in [-0.3, -0.25) is 10.2 Å². The first-order chi connectivity index (χ1) is 7.13. The first-order valence-electron chi connectivity index (χ1n) is 4.70. The Morgan fingerprint density at radius 1 is 1.73 bits per heavy atom. The van der Waals surface area contributed by atoms with Crippen LogP contribution in [0.15, 0.2) is 5.51 Å². The number of hydrazine groups is 1. The standard InChI is InChI=1S/C9H16N4OS/c1-7-8(15-6-11-7)5-13(2)4-3-9(14)12-10/h6H,3-5,10H2,1-2H3,(H,12,14). The second-order valence-electron chi connectivity index (χ2n) is 3.42. The van der Waals surface area contributed by atoms with Crippen molar-refractivity contribution in [2.75, 3.05) is 13.6 Å². The Hall–Kier alpha value is -0.980. The van der Waals surface area contributed by atoms with Crippen molar-refractivity contribution in [3.05, 3.63) is 16.1 Å². The fraction of sp³-hybridized carbons (Fsp3) is 0.556. The maximum absolute atomic E-state index is 10.9. The van der Waals surface area contributed by atoms with Gasteiger partial charge in [-0.1, -0.05) is 0 Å². The molecule has 6 heteroatoms. The molecule has 1 aromatic rings. The number of nitrogens with zero attached hydrogens (tertiary/aromatic N) is 2. The Morgan fingerprint density at radius 2 is 2.47 bits per heavy atom. The van der Waals surface area contributed by atoms with Crippen LogP contribution in [0.25, 0.3) is 0 Å². The molecule has 1 heterocycles. The van der Waals surface area contributed by atoms with Gasteiger partial charge in [0.1, 0.15) is 0 Å². The lowest BCUT2D eigenvalue weighted by Crippen LogP contribution is -2.33. The monoisotopic (exact) mass is 228 g/mol. The van der Waals surface area contributed by atoms with Crippen molar-refractivity contribution in [1.82, 2.24) is 15.3 Å². The minimum Gasteiger partial charge on any atom is -0.301 e. The zero-order valence-electron chi connectivity index (χ0n) is 8.99. The van der Waals surface area contributed by atoms with Crippen LogP contribution in [-0.4, -0.2) is 29.4 Å². The van der Waals surface area contributed by atoms with E-state index in [2.05, 4.69) is 15.3 Å². The molecule has 0 aliphatic rings. The third-order valence-electron chi connectivity index (χ3n) is 2.14. The van der Waals surface area contributed by atoms with Crippen molar-refractivity contribution < 1.29 is 4.79 Å². The number of carbonyl (C=O) groups is 1. The molecule has 0 radical (unpaired) electrons. The zero-order chi connectivity index (χ0) is 11.3. The number of nitrogens with two attached hydrogens (primary N) is 1. The van der Waals surface area contributed by atoms with E-state index in [9.17, 15) is 4.79 Å². The normalized spacial score (nSPS) is 10.7. The number of thiazole rings is 1. The Balaban J connectivity index is 2.33. The van der Waals surface area contributed by atoms with Crippen molar-refractivity contribution in [3.63, 3.8) is 0 Å². The fourth-order valence-corrected chi connectivity index (χ4v) is 2.02. The number of nitrogens with one attached hydrogen (secondary N) is 1. The molecule has 0 unspecified atom stereocenters. The molecule has 0 bridgehead atoms. The highest BCUT2D eigenvalue weighted by molar-refractivity contribution is 7.09. The molecule has 0 saturated carbocycles. The lowest BCUT2D eigenvalue weighted by molar-refractivity contribution is -0.121. The SMILES string of the molecule is Cc1ncsc1CN(C)CCC(=O)NN. The van der Waals surface area contributed by atoms with Crippen LogP contribution in [0.3, 0.4) is 0 Å². The van der Waals surface area contributed by atoms with Crippen LogP contribution in [0.1, 0.15) is 17.0 Å². The molecule has 0 saturated heterocycles. The second-order valence-corrected chi connectivity index (χ2v) is 4.36. The molecule has 15 heavy (non-hydrogen) atoms. The van der Waals surface area contributed by atoms with Gasteiger partial charge in [0.2, 0.25) is 5.91 Å². The zero-order valence-corrected chi connectivity index (χ0v) is 9.80. The molecule has 0 atom stereocenters. The molecular weight excluding hydrogens is 212 g/mol. The van der Waals surface area contributed by atoms with E-state index in [1.807, 2.05) is 19.5 Å². The van der Waals surface area contributed by atoms with Gasteiger partial charge in [0.25, 0.3) is 0 Å². The molecule has 0 fully saturated rings. The summed E-state index contributed by atoms with van der Waals surface area (Å²) in [4.78, 5) is 18.4. The molecule has 3 N–H and O–H groups in total. The van der Waals surface area contributed by atoms with Crippen molar-refractivity contribution in [2.45, 2.75) is 19.9 Å². The van der Waals surface area contributed by atoms with E-state index >= 15 is 0 Å². The van der Waals surface area contributed by atoms with Gasteiger partial charge in [0.15, 0.2) is 0 Å². The highest BCUT2D eigenvalue weighted by Crippen LogP contribution is 2.13. The average molecular weight is 228 g/mol. The topological polar surface area (TPSA) is 71.2 Å². The Bertz CT molecular complexity index is 326. The van der Waals surface area contributed by atoms with E-state index in [1.54, 1.807) is 11.3 Å². The number of hydrogen-bond acceptors (Lipinski definition) is 5. The summed E-state index contributed by atoms with van der Waals surface area (Å²) in [5.74, 6) is 4.86. The van der Waals surface area contributed by atoms with E-state index in [4.69, 9.17) is 5.84 Å². The van der Waals surface area contributed by atoms with Crippen molar-refractivity contribution in [3.8, 4) is 0 Å². The van der Waals surface area contributed by atoms with Gasteiger partial charge in [-0.2, -0.15) is 0 Å². The van der Waals surface area contributed by atoms with Crippen LogP contribution in [-0.2, 0) is 11.3 Å². The van der Waals surface area contributed by atoms with Crippen LogP contribution in [0.2, 0.25) is 0 Å². The van der Waals surface area contributed by atoms with Gasteiger partial charge >= 0.3 is 0 Å². The van der Waals surface area contributed by atoms with Gasteiger partial charge in [0.05, 0.1) is 11.2 Å². The van der Waals surface area contributed by atoms with Crippen LogP contribution in [0, 0.1) is 6.92 Å². The average Bonchev–Trinajstić information content (AvgIpc) is 2.61. The highest BCUT2D eigenvalue weighted by Gasteiger charge is 2.07. The van der Waals surface area contributed by atoms with E-state index in [0.29, 0.717) is 13.0 Å². The highest BCUT2D eigenvalue weighted by atomic mass is 32.1. The molecule has 1 rings (SSSR count). The minimum absolute atomic E-state index is 0.136. The van der Waals surface area contributed by atoms with Crippen LogP contribution in [0.5, 0.6) is 0 Å². The summed E-state index contributed by atoms with van der Waals surface area (Å²) in [6.07, 6.45) is 0.421. The lowest BCUT2D eigenvalue weighted by Gasteiger charge is -2.14. The first-order valence-corrected chi connectivity index (χ1v) is 5.58. The number of rotatable bonds is 5. The third-order valence-corrected chi connectivity index (χ3v) is 3.06. The number of aromatic nitrogens is 1. The summed E-state index contributed by atoms with van der Waals surface area (Å²) in [6.45, 7) is 3.51. The van der Waals surface area contributed by atoms with Crippen molar-refractivity contribution in [1.29, 1.82) is 0 Å². The second kappa shape index (κ2) is 5.79. The van der Waals surface area contributed by atoms with E-state index in [0.717, 1.165) is 12.2 Å². The molecule has 0 aromatic carbocycles. The van der Waals surface area contributed by atoms with Crippen LogP contribution >= 0.6 is 11.3 Å². The Labute approximate surface area is 93.3 Å². The number of hydrogen-bond donors (Lipinski definition) is 2. The van der Waals surface area contributed by atoms with Crippen LogP contribution in [0.4, 0.5) is 0 Å². The molecule has 0 aliphatic carbocycles. The van der Waals surface area contributed by atoms with E-state index in [1.165, 1.54) is 4.88 Å². The van der Waals surface area contributed by atoms with Crippen molar-refractivity contribution in [2.24, 2.45) is 5.84 Å². The van der Waals surface area contributed by atoms with Gasteiger partial charge < -0.3 is 4.90 Å². The quantitative estimate of drug-likeness (QED) is 0.431. The number of amides is 1. The number of carbonyl (C=O) groups excluding carboxylic acids is 1. The predicted octanol–water partition coefficient (Wildman–Crippen LogP) is 0.263. The summed E-state index contributed by atoms with van der Waals surface area (Å²) in [6, 6.07) is 0. The van der Waals surface area contributed by atoms with E-state index in [-0.39, 0.29) is 5.91 Å². The molecule has 0 aliphatic heterocycles. The summed E-state index contributed by atoms with van der Waals surface area (Å²) in [5.41, 5.74) is 5.02. The Morgan fingerprint density at radius 3 is 3.00 bits per heavy atom. The maximum atomic E-state index is 10.9. The fourth-order valence-electron chi connectivity index (χ4n) is 1.17. The Kier molecular flexibility index (Phi) is 4.67. The maximum Gasteiger partial charge on any atom is 0.235 e. The molecule has 1 amide bonds. The van der Waals surface area contributed by atoms with Gasteiger partial charge in [0, 0.05) is 24.4 Å². The van der Waals surface area contributed by atoms with E-state index < -0.39 is 0 Å². The molecule has 84 valence electrons.